The third-order valence-corrected chi connectivity index (χ3v) is 5.58. The average Bonchev–Trinajstić information content (AvgIpc) is 3.65. The largest absolute Gasteiger partial charge is 0.445 e. The van der Waals surface area contributed by atoms with Gasteiger partial charge in [0, 0.05) is 17.5 Å². The Kier molecular flexibility index (Phi) is 7.44. The molecule has 3 aromatic rings. The molecule has 0 bridgehead atoms. The lowest BCUT2D eigenvalue weighted by Gasteiger charge is -2.14. The van der Waals surface area contributed by atoms with E-state index < -0.39 is 22.3 Å². The molecule has 0 aliphatic heterocycles. The summed E-state index contributed by atoms with van der Waals surface area (Å²) in [4.78, 5) is 32.5. The molecule has 2 N–H and O–H groups in total. The SMILES string of the molecule is Cc1cc(F)c(NC(=O)OCC(Cl)(Cl)Cl)cc1-c1cccc(-c2cc(NC(=O)C3CC3)ncn2)c1. The first-order chi connectivity index (χ1) is 16.6. The maximum absolute atomic E-state index is 14.5. The van der Waals surface area contributed by atoms with Gasteiger partial charge in [-0.15, -0.1) is 0 Å². The van der Waals surface area contributed by atoms with Crippen molar-refractivity contribution in [3.05, 3.63) is 60.2 Å². The Morgan fingerprint density at radius 3 is 2.54 bits per heavy atom. The number of ether oxygens (including phenoxy) is 1. The maximum atomic E-state index is 14.5. The van der Waals surface area contributed by atoms with Crippen molar-refractivity contribution < 1.29 is 18.7 Å². The van der Waals surface area contributed by atoms with Crippen LogP contribution in [0.25, 0.3) is 22.4 Å². The summed E-state index contributed by atoms with van der Waals surface area (Å²) >= 11 is 16.7. The number of benzene rings is 2. The molecule has 0 unspecified atom stereocenters. The van der Waals surface area contributed by atoms with Crippen molar-refractivity contribution >= 4 is 58.3 Å². The van der Waals surface area contributed by atoms with Crippen molar-refractivity contribution in [1.82, 2.24) is 9.97 Å². The van der Waals surface area contributed by atoms with E-state index in [1.165, 1.54) is 18.5 Å². The van der Waals surface area contributed by atoms with Crippen LogP contribution in [0.4, 0.5) is 20.7 Å². The third kappa shape index (κ3) is 6.81. The summed E-state index contributed by atoms with van der Waals surface area (Å²) in [5, 5.41) is 5.15. The molecule has 35 heavy (non-hydrogen) atoms. The number of nitrogens with one attached hydrogen (secondary N) is 2. The minimum atomic E-state index is -1.78. The number of carbonyl (C=O) groups is 2. The van der Waals surface area contributed by atoms with E-state index in [0.717, 1.165) is 24.0 Å². The van der Waals surface area contributed by atoms with Crippen LogP contribution in [0.1, 0.15) is 18.4 Å². The fourth-order valence-electron chi connectivity index (χ4n) is 3.38. The summed E-state index contributed by atoms with van der Waals surface area (Å²) < 4.78 is 17.6. The van der Waals surface area contributed by atoms with Crippen molar-refractivity contribution in [2.75, 3.05) is 17.2 Å². The fraction of sp³-hybridized carbons (Fsp3) is 0.250. The zero-order valence-electron chi connectivity index (χ0n) is 18.4. The molecule has 2 aromatic carbocycles. The standard InChI is InChI=1S/C24H20Cl3FN4O3/c1-13-7-18(28)20(31-23(34)35-11-24(25,26)27)9-17(13)15-3-2-4-16(8-15)19-10-21(30-12-29-19)32-22(33)14-5-6-14/h2-4,7-10,12,14H,5-6,11H2,1H3,(H,31,34)(H,29,30,32,33). The Labute approximate surface area is 216 Å². The van der Waals surface area contributed by atoms with Crippen LogP contribution < -0.4 is 10.6 Å². The van der Waals surface area contributed by atoms with Crippen LogP contribution in [0.3, 0.4) is 0 Å². The van der Waals surface area contributed by atoms with Crippen LogP contribution in [-0.2, 0) is 9.53 Å². The normalized spacial score (nSPS) is 13.3. The Bertz CT molecular complexity index is 1280. The smallest absolute Gasteiger partial charge is 0.411 e. The quantitative estimate of drug-likeness (QED) is 0.349. The summed E-state index contributed by atoms with van der Waals surface area (Å²) in [6.45, 7) is 1.26. The summed E-state index contributed by atoms with van der Waals surface area (Å²) in [6, 6.07) is 11.9. The molecule has 11 heteroatoms. The lowest BCUT2D eigenvalue weighted by molar-refractivity contribution is -0.117. The molecule has 182 valence electrons. The molecule has 7 nitrogen and oxygen atoms in total. The zero-order chi connectivity index (χ0) is 25.2. The number of amides is 2. The van der Waals surface area contributed by atoms with Gasteiger partial charge < -0.3 is 10.1 Å². The van der Waals surface area contributed by atoms with Crippen LogP contribution >= 0.6 is 34.8 Å². The fourth-order valence-corrected chi connectivity index (χ4v) is 3.54. The van der Waals surface area contributed by atoms with Gasteiger partial charge in [-0.1, -0.05) is 53.0 Å². The zero-order valence-corrected chi connectivity index (χ0v) is 20.7. The van der Waals surface area contributed by atoms with Crippen molar-refractivity contribution in [2.24, 2.45) is 5.92 Å². The number of alkyl halides is 3. The summed E-state index contributed by atoms with van der Waals surface area (Å²) in [7, 11) is 0. The molecule has 0 radical (unpaired) electrons. The second-order valence-electron chi connectivity index (χ2n) is 8.10. The van der Waals surface area contributed by atoms with Gasteiger partial charge in [-0.2, -0.15) is 0 Å². The van der Waals surface area contributed by atoms with Crippen molar-refractivity contribution in [3.8, 4) is 22.4 Å². The Morgan fingerprint density at radius 1 is 1.09 bits per heavy atom. The number of aromatic nitrogens is 2. The lowest BCUT2D eigenvalue weighted by Crippen LogP contribution is -2.21. The number of rotatable bonds is 6. The van der Waals surface area contributed by atoms with E-state index in [4.69, 9.17) is 39.5 Å². The van der Waals surface area contributed by atoms with Crippen LogP contribution in [-0.4, -0.2) is 32.4 Å². The topological polar surface area (TPSA) is 93.2 Å². The van der Waals surface area contributed by atoms with Gasteiger partial charge in [0.1, 0.15) is 24.6 Å². The number of hydrogen-bond acceptors (Lipinski definition) is 5. The molecule has 1 aliphatic rings. The molecule has 1 heterocycles. The maximum Gasteiger partial charge on any atom is 0.411 e. The number of carbonyl (C=O) groups excluding carboxylic acids is 2. The van der Waals surface area contributed by atoms with Gasteiger partial charge in [-0.3, -0.25) is 10.1 Å². The predicted octanol–water partition coefficient (Wildman–Crippen LogP) is 6.53. The molecule has 0 spiro atoms. The van der Waals surface area contributed by atoms with Crippen LogP contribution in [0.5, 0.6) is 0 Å². The molecule has 2 amide bonds. The number of nitrogens with zero attached hydrogens (tertiary/aromatic N) is 2. The van der Waals surface area contributed by atoms with Gasteiger partial charge >= 0.3 is 6.09 Å². The average molecular weight is 538 g/mol. The number of halogens is 4. The molecule has 1 aliphatic carbocycles. The van der Waals surface area contributed by atoms with Crippen LogP contribution in [0.15, 0.2) is 48.8 Å². The summed E-state index contributed by atoms with van der Waals surface area (Å²) in [5.74, 6) is -0.200. The second-order valence-corrected chi connectivity index (χ2v) is 10.6. The van der Waals surface area contributed by atoms with E-state index >= 15 is 0 Å². The molecule has 0 saturated heterocycles. The van der Waals surface area contributed by atoms with E-state index in [9.17, 15) is 14.0 Å². The van der Waals surface area contributed by atoms with E-state index in [-0.39, 0.29) is 17.5 Å². The highest BCUT2D eigenvalue weighted by atomic mass is 35.6. The highest BCUT2D eigenvalue weighted by Gasteiger charge is 2.29. The summed E-state index contributed by atoms with van der Waals surface area (Å²) in [5.41, 5.74) is 3.40. The van der Waals surface area contributed by atoms with Gasteiger partial charge in [0.15, 0.2) is 0 Å². The first-order valence-electron chi connectivity index (χ1n) is 10.6. The summed E-state index contributed by atoms with van der Waals surface area (Å²) in [6.07, 6.45) is 2.22. The number of aryl methyl sites for hydroxylation is 1. The minimum absolute atomic E-state index is 0.0438. The van der Waals surface area contributed by atoms with Gasteiger partial charge in [0.2, 0.25) is 9.70 Å². The molecule has 1 fully saturated rings. The first-order valence-corrected chi connectivity index (χ1v) is 11.8. The minimum Gasteiger partial charge on any atom is -0.445 e. The Hall–Kier alpha value is -2.94. The Balaban J connectivity index is 1.57. The first kappa shape index (κ1) is 25.2. The second kappa shape index (κ2) is 10.4. The monoisotopic (exact) mass is 536 g/mol. The van der Waals surface area contributed by atoms with Gasteiger partial charge in [0.25, 0.3) is 0 Å². The van der Waals surface area contributed by atoms with Crippen LogP contribution in [0.2, 0.25) is 0 Å². The van der Waals surface area contributed by atoms with E-state index in [1.54, 1.807) is 13.0 Å². The third-order valence-electron chi connectivity index (χ3n) is 5.25. The molecule has 1 saturated carbocycles. The van der Waals surface area contributed by atoms with E-state index in [1.807, 2.05) is 24.3 Å². The highest BCUT2D eigenvalue weighted by molar-refractivity contribution is 6.67. The number of anilines is 2. The highest BCUT2D eigenvalue weighted by Crippen LogP contribution is 2.33. The molecule has 4 rings (SSSR count). The van der Waals surface area contributed by atoms with Gasteiger partial charge in [-0.05, 0) is 54.7 Å². The molecular formula is C24H20Cl3FN4O3. The molecule has 0 atom stereocenters. The molecule has 1 aromatic heterocycles. The Morgan fingerprint density at radius 2 is 1.83 bits per heavy atom. The lowest BCUT2D eigenvalue weighted by atomic mass is 9.97. The van der Waals surface area contributed by atoms with Crippen molar-refractivity contribution in [2.45, 2.75) is 23.6 Å². The van der Waals surface area contributed by atoms with Crippen LogP contribution in [0, 0.1) is 18.7 Å². The van der Waals surface area contributed by atoms with Crippen molar-refractivity contribution in [1.29, 1.82) is 0 Å². The van der Waals surface area contributed by atoms with Gasteiger partial charge in [0.05, 0.1) is 11.4 Å². The molecular weight excluding hydrogens is 518 g/mol. The van der Waals surface area contributed by atoms with Crippen molar-refractivity contribution in [3.63, 3.8) is 0 Å². The predicted molar refractivity (Wildman–Crippen MR) is 134 cm³/mol. The van der Waals surface area contributed by atoms with E-state index in [2.05, 4.69) is 20.6 Å². The van der Waals surface area contributed by atoms with E-state index in [0.29, 0.717) is 22.6 Å². The number of hydrogen-bond donors (Lipinski definition) is 2. The van der Waals surface area contributed by atoms with Gasteiger partial charge in [-0.25, -0.2) is 19.2 Å².